The van der Waals surface area contributed by atoms with Gasteiger partial charge < -0.3 is 0 Å². The number of allylic oxidation sites excluding steroid dienone is 2. The lowest BCUT2D eigenvalue weighted by Crippen LogP contribution is -1.79. The Morgan fingerprint density at radius 1 is 1.15 bits per heavy atom. The van der Waals surface area contributed by atoms with Gasteiger partial charge in [-0.25, -0.2) is 0 Å². The van der Waals surface area contributed by atoms with Gasteiger partial charge in [-0.3, -0.25) is 0 Å². The first-order chi connectivity index (χ1) is 6.27. The first kappa shape index (κ1) is 12.7. The standard InChI is InChI=1S/C12H24Si/c1-4-5-6-7-8-9-10-13-11-12(2)3/h9-11H,4-8,13H2,1-3H3. The highest BCUT2D eigenvalue weighted by atomic mass is 28.2. The molecule has 0 aliphatic heterocycles. The van der Waals surface area contributed by atoms with Crippen LogP contribution in [-0.2, 0) is 0 Å². The van der Waals surface area contributed by atoms with Gasteiger partial charge in [0, 0.05) is 0 Å². The van der Waals surface area contributed by atoms with Crippen molar-refractivity contribution in [3.05, 3.63) is 23.0 Å². The SMILES string of the molecule is CCCCCCC=C[SiH2]C=C(C)C. The lowest BCUT2D eigenvalue weighted by molar-refractivity contribution is 0.674. The fourth-order valence-corrected chi connectivity index (χ4v) is 2.24. The van der Waals surface area contributed by atoms with Crippen LogP contribution in [0.5, 0.6) is 0 Å². The highest BCUT2D eigenvalue weighted by Gasteiger charge is 1.83. The summed E-state index contributed by atoms with van der Waals surface area (Å²) in [5.74, 6) is 0. The minimum absolute atomic E-state index is 0.0182. The molecule has 0 aliphatic rings. The Morgan fingerprint density at radius 2 is 1.92 bits per heavy atom. The van der Waals surface area contributed by atoms with E-state index in [1.54, 1.807) is 0 Å². The molecule has 0 aromatic rings. The maximum Gasteiger partial charge on any atom is 0.0686 e. The first-order valence-corrected chi connectivity index (χ1v) is 7.19. The predicted octanol–water partition coefficient (Wildman–Crippen LogP) is 3.56. The van der Waals surface area contributed by atoms with Crippen LogP contribution >= 0.6 is 0 Å². The Hall–Kier alpha value is -0.303. The van der Waals surface area contributed by atoms with Gasteiger partial charge in [-0.1, -0.05) is 43.5 Å². The summed E-state index contributed by atoms with van der Waals surface area (Å²) in [6, 6.07) is 0. The molecule has 0 fully saturated rings. The molecule has 1 heteroatoms. The van der Waals surface area contributed by atoms with Crippen molar-refractivity contribution in [2.45, 2.75) is 52.9 Å². The van der Waals surface area contributed by atoms with Crippen molar-refractivity contribution >= 4 is 9.52 Å². The molecule has 0 atom stereocenters. The van der Waals surface area contributed by atoms with Gasteiger partial charge in [-0.05, 0) is 26.7 Å². The highest BCUT2D eigenvalue weighted by Crippen LogP contribution is 2.02. The maximum atomic E-state index is 2.42. The first-order valence-electron chi connectivity index (χ1n) is 5.55. The number of hydrogen-bond acceptors (Lipinski definition) is 0. The van der Waals surface area contributed by atoms with Gasteiger partial charge in [0.2, 0.25) is 0 Å². The summed E-state index contributed by atoms with van der Waals surface area (Å²) in [5, 5.41) is 0. The van der Waals surface area contributed by atoms with Crippen LogP contribution in [0.3, 0.4) is 0 Å². The number of hydrogen-bond donors (Lipinski definition) is 0. The van der Waals surface area contributed by atoms with Crippen LogP contribution in [0.4, 0.5) is 0 Å². The molecule has 0 saturated carbocycles. The van der Waals surface area contributed by atoms with E-state index < -0.39 is 0 Å². The fourth-order valence-electron chi connectivity index (χ4n) is 1.21. The van der Waals surface area contributed by atoms with Crippen LogP contribution in [0.1, 0.15) is 52.9 Å². The van der Waals surface area contributed by atoms with Crippen LogP contribution in [0, 0.1) is 0 Å². The zero-order valence-corrected chi connectivity index (χ0v) is 10.9. The van der Waals surface area contributed by atoms with Crippen molar-refractivity contribution in [2.75, 3.05) is 0 Å². The van der Waals surface area contributed by atoms with E-state index >= 15 is 0 Å². The van der Waals surface area contributed by atoms with E-state index in [0.717, 1.165) is 0 Å². The Balaban J connectivity index is 3.17. The zero-order chi connectivity index (χ0) is 9.94. The van der Waals surface area contributed by atoms with Crippen molar-refractivity contribution in [2.24, 2.45) is 0 Å². The van der Waals surface area contributed by atoms with E-state index in [4.69, 9.17) is 0 Å². The Bertz CT molecular complexity index is 153. The summed E-state index contributed by atoms with van der Waals surface area (Å²) in [7, 11) is -0.0182. The van der Waals surface area contributed by atoms with Crippen LogP contribution in [0.2, 0.25) is 0 Å². The van der Waals surface area contributed by atoms with Crippen molar-refractivity contribution in [1.29, 1.82) is 0 Å². The lowest BCUT2D eigenvalue weighted by atomic mass is 10.2. The molecule has 0 nitrogen and oxygen atoms in total. The van der Waals surface area contributed by atoms with Crippen molar-refractivity contribution in [3.8, 4) is 0 Å². The molecule has 0 N–H and O–H groups in total. The smallest absolute Gasteiger partial charge is 0.0686 e. The van der Waals surface area contributed by atoms with Crippen LogP contribution < -0.4 is 0 Å². The Kier molecular flexibility index (Phi) is 9.55. The largest absolute Gasteiger partial charge is 0.101 e. The summed E-state index contributed by atoms with van der Waals surface area (Å²) in [5.41, 5.74) is 6.30. The molecule has 0 unspecified atom stereocenters. The molecule has 76 valence electrons. The van der Waals surface area contributed by atoms with Gasteiger partial charge in [0.25, 0.3) is 0 Å². The summed E-state index contributed by atoms with van der Waals surface area (Å²) < 4.78 is 0. The summed E-state index contributed by atoms with van der Waals surface area (Å²) in [4.78, 5) is 0. The van der Waals surface area contributed by atoms with Crippen LogP contribution in [-0.4, -0.2) is 9.52 Å². The van der Waals surface area contributed by atoms with E-state index in [1.165, 1.54) is 37.7 Å². The molecule has 0 rings (SSSR count). The van der Waals surface area contributed by atoms with Gasteiger partial charge in [0.15, 0.2) is 0 Å². The van der Waals surface area contributed by atoms with E-state index in [-0.39, 0.29) is 9.52 Å². The average molecular weight is 196 g/mol. The third kappa shape index (κ3) is 11.7. The molecular weight excluding hydrogens is 172 g/mol. The molecule has 0 radical (unpaired) electrons. The van der Waals surface area contributed by atoms with Crippen LogP contribution in [0.15, 0.2) is 23.0 Å². The van der Waals surface area contributed by atoms with Crippen molar-refractivity contribution in [3.63, 3.8) is 0 Å². The van der Waals surface area contributed by atoms with E-state index in [1.807, 2.05) is 0 Å². The molecule has 0 spiro atoms. The monoisotopic (exact) mass is 196 g/mol. The summed E-state index contributed by atoms with van der Waals surface area (Å²) >= 11 is 0. The molecule has 0 heterocycles. The Morgan fingerprint density at radius 3 is 2.54 bits per heavy atom. The quantitative estimate of drug-likeness (QED) is 0.431. The molecular formula is C12H24Si. The van der Waals surface area contributed by atoms with Gasteiger partial charge in [0.1, 0.15) is 0 Å². The van der Waals surface area contributed by atoms with Crippen molar-refractivity contribution in [1.82, 2.24) is 0 Å². The molecule has 0 bridgehead atoms. The highest BCUT2D eigenvalue weighted by molar-refractivity contribution is 6.48. The molecule has 13 heavy (non-hydrogen) atoms. The maximum absolute atomic E-state index is 2.42. The van der Waals surface area contributed by atoms with E-state index in [0.29, 0.717) is 0 Å². The van der Waals surface area contributed by atoms with E-state index in [9.17, 15) is 0 Å². The Labute approximate surface area is 85.9 Å². The van der Waals surface area contributed by atoms with Gasteiger partial charge >= 0.3 is 0 Å². The second-order valence-corrected chi connectivity index (χ2v) is 5.19. The molecule has 0 aromatic carbocycles. The molecule has 0 saturated heterocycles. The average Bonchev–Trinajstić information content (AvgIpc) is 2.09. The number of unbranched alkanes of at least 4 members (excludes halogenated alkanes) is 4. The van der Waals surface area contributed by atoms with Crippen LogP contribution in [0.25, 0.3) is 0 Å². The summed E-state index contributed by atoms with van der Waals surface area (Å²) in [6.07, 6.45) is 9.21. The normalized spacial score (nSPS) is 11.6. The fraction of sp³-hybridized carbons (Fsp3) is 0.667. The van der Waals surface area contributed by atoms with Crippen molar-refractivity contribution < 1.29 is 0 Å². The second-order valence-electron chi connectivity index (χ2n) is 3.84. The van der Waals surface area contributed by atoms with Gasteiger partial charge in [-0.2, -0.15) is 0 Å². The minimum atomic E-state index is -0.0182. The third-order valence-electron chi connectivity index (χ3n) is 2.05. The molecule has 0 aliphatic carbocycles. The lowest BCUT2D eigenvalue weighted by Gasteiger charge is -1.93. The zero-order valence-electron chi connectivity index (χ0n) is 9.47. The van der Waals surface area contributed by atoms with E-state index in [2.05, 4.69) is 38.2 Å². The third-order valence-corrected chi connectivity index (χ3v) is 3.71. The minimum Gasteiger partial charge on any atom is -0.101 e. The molecule has 0 aromatic heterocycles. The second kappa shape index (κ2) is 9.78. The predicted molar refractivity (Wildman–Crippen MR) is 65.9 cm³/mol. The number of rotatable bonds is 7. The summed E-state index contributed by atoms with van der Waals surface area (Å²) in [6.45, 7) is 6.63. The van der Waals surface area contributed by atoms with Gasteiger partial charge in [-0.15, -0.1) is 5.70 Å². The van der Waals surface area contributed by atoms with Gasteiger partial charge in [0.05, 0.1) is 9.52 Å². The molecule has 0 amide bonds. The topological polar surface area (TPSA) is 0 Å².